The quantitative estimate of drug-likeness (QED) is 0.579. The number of hydrogen-bond donors (Lipinski definition) is 1. The lowest BCUT2D eigenvalue weighted by molar-refractivity contribution is -0.118. The van der Waals surface area contributed by atoms with E-state index in [0.717, 1.165) is 39.4 Å². The summed E-state index contributed by atoms with van der Waals surface area (Å²) in [5, 5.41) is 2.83. The molecule has 0 aliphatic carbocycles. The fourth-order valence-electron chi connectivity index (χ4n) is 3.51. The summed E-state index contributed by atoms with van der Waals surface area (Å²) < 4.78 is 18.0. The summed E-state index contributed by atoms with van der Waals surface area (Å²) in [7, 11) is 1.57. The lowest BCUT2D eigenvalue weighted by atomic mass is 10.1. The van der Waals surface area contributed by atoms with Gasteiger partial charge in [-0.2, -0.15) is 0 Å². The summed E-state index contributed by atoms with van der Waals surface area (Å²) in [6, 6.07) is 11.1. The molecule has 31 heavy (non-hydrogen) atoms. The molecule has 1 aliphatic rings. The minimum atomic E-state index is -0.250. The highest BCUT2D eigenvalue weighted by Gasteiger charge is 2.25. The molecule has 2 atom stereocenters. The van der Waals surface area contributed by atoms with Gasteiger partial charge in [-0.25, -0.2) is 0 Å². The summed E-state index contributed by atoms with van der Waals surface area (Å²) >= 11 is 9.15. The first-order valence-corrected chi connectivity index (χ1v) is 11.3. The van der Waals surface area contributed by atoms with Crippen LogP contribution in [0.25, 0.3) is 0 Å². The molecule has 6 nitrogen and oxygen atoms in total. The predicted octanol–water partition coefficient (Wildman–Crippen LogP) is 4.57. The van der Waals surface area contributed by atoms with Crippen molar-refractivity contribution in [1.82, 2.24) is 4.90 Å². The molecule has 0 unspecified atom stereocenters. The number of ether oxygens (including phenoxy) is 3. The maximum atomic E-state index is 12.3. The number of rotatable bonds is 6. The van der Waals surface area contributed by atoms with Gasteiger partial charge in [0.05, 0.1) is 19.3 Å². The predicted molar refractivity (Wildman–Crippen MR) is 129 cm³/mol. The van der Waals surface area contributed by atoms with Crippen molar-refractivity contribution in [2.24, 2.45) is 0 Å². The monoisotopic (exact) mass is 506 g/mol. The van der Waals surface area contributed by atoms with Gasteiger partial charge in [-0.3, -0.25) is 4.79 Å². The number of anilines is 1. The fraction of sp³-hybridized carbons (Fsp3) is 0.391. The molecular formula is C23H27BrN2O4S. The largest absolute Gasteiger partial charge is 0.493 e. The van der Waals surface area contributed by atoms with Crippen molar-refractivity contribution in [3.05, 3.63) is 52.0 Å². The van der Waals surface area contributed by atoms with Gasteiger partial charge in [-0.05, 0) is 62.7 Å². The van der Waals surface area contributed by atoms with E-state index in [1.54, 1.807) is 13.2 Å². The van der Waals surface area contributed by atoms with Crippen molar-refractivity contribution in [1.29, 1.82) is 0 Å². The molecule has 0 bridgehead atoms. The molecule has 8 heteroatoms. The van der Waals surface area contributed by atoms with Crippen LogP contribution >= 0.6 is 28.1 Å². The van der Waals surface area contributed by atoms with E-state index in [1.807, 2.05) is 51.1 Å². The third kappa shape index (κ3) is 6.18. The summed E-state index contributed by atoms with van der Waals surface area (Å²) in [6.07, 6.45) is 0.249. The van der Waals surface area contributed by atoms with E-state index < -0.39 is 0 Å². The van der Waals surface area contributed by atoms with Crippen molar-refractivity contribution in [2.75, 3.05) is 32.1 Å². The number of nitrogens with zero attached hydrogens (tertiary/aromatic N) is 1. The van der Waals surface area contributed by atoms with Crippen LogP contribution in [-0.2, 0) is 9.53 Å². The Morgan fingerprint density at radius 3 is 2.55 bits per heavy atom. The maximum absolute atomic E-state index is 12.3. The second-order valence-corrected chi connectivity index (χ2v) is 8.87. The van der Waals surface area contributed by atoms with E-state index in [4.69, 9.17) is 26.4 Å². The Kier molecular flexibility index (Phi) is 7.91. The zero-order valence-corrected chi connectivity index (χ0v) is 20.5. The van der Waals surface area contributed by atoms with Crippen molar-refractivity contribution in [3.8, 4) is 11.5 Å². The molecule has 1 saturated heterocycles. The minimum Gasteiger partial charge on any atom is -0.493 e. The standard InChI is InChI=1S/C23H27BrN2O4S/c1-14-9-18(6-7-19(14)24)25-22(27)13-29-20-8-5-17(10-21(20)28-4)23(31)26-11-15(2)30-16(3)12-26/h5-10,15-16H,11-13H2,1-4H3,(H,25,27)/t15-,16-/m0/s1. The molecule has 166 valence electrons. The number of methoxy groups -OCH3 is 1. The molecule has 3 rings (SSSR count). The first-order valence-electron chi connectivity index (χ1n) is 10.1. The number of amides is 1. The number of thiocarbonyl (C=S) groups is 1. The first kappa shape index (κ1) is 23.5. The third-order valence-corrected chi connectivity index (χ3v) is 6.30. The van der Waals surface area contributed by atoms with Crippen molar-refractivity contribution in [2.45, 2.75) is 33.0 Å². The van der Waals surface area contributed by atoms with Crippen LogP contribution in [0.1, 0.15) is 25.0 Å². The van der Waals surface area contributed by atoms with Crippen LogP contribution in [0, 0.1) is 6.92 Å². The second kappa shape index (κ2) is 10.4. The van der Waals surface area contributed by atoms with E-state index in [9.17, 15) is 4.79 Å². The molecule has 1 heterocycles. The first-order chi connectivity index (χ1) is 14.8. The third-order valence-electron chi connectivity index (χ3n) is 4.92. The van der Waals surface area contributed by atoms with E-state index >= 15 is 0 Å². The molecular weight excluding hydrogens is 480 g/mol. The highest BCUT2D eigenvalue weighted by Crippen LogP contribution is 2.29. The molecule has 1 N–H and O–H groups in total. The van der Waals surface area contributed by atoms with Gasteiger partial charge in [-0.15, -0.1) is 0 Å². The van der Waals surface area contributed by atoms with E-state index in [2.05, 4.69) is 26.1 Å². The van der Waals surface area contributed by atoms with Crippen molar-refractivity contribution in [3.63, 3.8) is 0 Å². The van der Waals surface area contributed by atoms with Gasteiger partial charge in [-0.1, -0.05) is 28.1 Å². The summed E-state index contributed by atoms with van der Waals surface area (Å²) in [6.45, 7) is 7.42. The molecule has 2 aromatic carbocycles. The van der Waals surface area contributed by atoms with Crippen LogP contribution in [0.4, 0.5) is 5.69 Å². The molecule has 1 fully saturated rings. The molecule has 0 radical (unpaired) electrons. The topological polar surface area (TPSA) is 60.0 Å². The fourth-order valence-corrected chi connectivity index (χ4v) is 4.03. The number of halogens is 1. The van der Waals surface area contributed by atoms with Crippen LogP contribution in [0.2, 0.25) is 0 Å². The lowest BCUT2D eigenvalue weighted by Crippen LogP contribution is -2.47. The molecule has 0 spiro atoms. The van der Waals surface area contributed by atoms with Gasteiger partial charge >= 0.3 is 0 Å². The Bertz CT molecular complexity index is 959. The molecule has 1 amide bonds. The highest BCUT2D eigenvalue weighted by atomic mass is 79.9. The van der Waals surface area contributed by atoms with Crippen LogP contribution in [0.15, 0.2) is 40.9 Å². The van der Waals surface area contributed by atoms with Gasteiger partial charge in [0.15, 0.2) is 18.1 Å². The van der Waals surface area contributed by atoms with E-state index in [1.165, 1.54) is 0 Å². The summed E-state index contributed by atoms with van der Waals surface area (Å²) in [5.74, 6) is 0.765. The van der Waals surface area contributed by atoms with E-state index in [0.29, 0.717) is 11.5 Å². The van der Waals surface area contributed by atoms with Crippen LogP contribution in [0.3, 0.4) is 0 Å². The number of benzene rings is 2. The summed E-state index contributed by atoms with van der Waals surface area (Å²) in [4.78, 5) is 15.2. The second-order valence-electron chi connectivity index (χ2n) is 7.63. The van der Waals surface area contributed by atoms with Crippen molar-refractivity contribution >= 4 is 44.7 Å². The Morgan fingerprint density at radius 1 is 1.19 bits per heavy atom. The minimum absolute atomic E-state index is 0.124. The molecule has 0 saturated carbocycles. The van der Waals surface area contributed by atoms with Crippen LogP contribution in [-0.4, -0.2) is 54.8 Å². The smallest absolute Gasteiger partial charge is 0.262 e. The van der Waals surface area contributed by atoms with Gasteiger partial charge in [0.25, 0.3) is 5.91 Å². The van der Waals surface area contributed by atoms with Crippen LogP contribution < -0.4 is 14.8 Å². The number of carbonyl (C=O) groups is 1. The number of nitrogens with one attached hydrogen (secondary N) is 1. The summed E-state index contributed by atoms with van der Waals surface area (Å²) in [5.41, 5.74) is 2.63. The van der Waals surface area contributed by atoms with Crippen LogP contribution in [0.5, 0.6) is 11.5 Å². The number of hydrogen-bond acceptors (Lipinski definition) is 5. The number of carbonyl (C=O) groups excluding carboxylic acids is 1. The highest BCUT2D eigenvalue weighted by molar-refractivity contribution is 9.10. The number of aryl methyl sites for hydroxylation is 1. The number of morpholine rings is 1. The Hall–Kier alpha value is -2.16. The van der Waals surface area contributed by atoms with E-state index in [-0.39, 0.29) is 24.7 Å². The molecule has 0 aromatic heterocycles. The molecule has 1 aliphatic heterocycles. The lowest BCUT2D eigenvalue weighted by Gasteiger charge is -2.37. The molecule has 2 aromatic rings. The van der Waals surface area contributed by atoms with Gasteiger partial charge < -0.3 is 24.4 Å². The Balaban J connectivity index is 1.63. The Morgan fingerprint density at radius 2 is 1.90 bits per heavy atom. The van der Waals surface area contributed by atoms with Gasteiger partial charge in [0, 0.05) is 28.8 Å². The van der Waals surface area contributed by atoms with Gasteiger partial charge in [0.2, 0.25) is 0 Å². The average Bonchev–Trinajstić information content (AvgIpc) is 2.73. The SMILES string of the molecule is COc1cc(C(=S)N2C[C@H](C)O[C@@H](C)C2)ccc1OCC(=O)Nc1ccc(Br)c(C)c1. The van der Waals surface area contributed by atoms with Crippen molar-refractivity contribution < 1.29 is 19.0 Å². The maximum Gasteiger partial charge on any atom is 0.262 e. The average molecular weight is 507 g/mol. The van der Waals surface area contributed by atoms with Gasteiger partial charge in [0.1, 0.15) is 4.99 Å². The Labute approximate surface area is 197 Å². The zero-order chi connectivity index (χ0) is 22.5. The normalized spacial score (nSPS) is 18.4. The zero-order valence-electron chi connectivity index (χ0n) is 18.1.